The molecule has 0 atom stereocenters. The summed E-state index contributed by atoms with van der Waals surface area (Å²) in [5.41, 5.74) is -0.988. The molecule has 21 heavy (non-hydrogen) atoms. The van der Waals surface area contributed by atoms with Crippen LogP contribution in [0.4, 0.5) is 13.2 Å². The summed E-state index contributed by atoms with van der Waals surface area (Å²) >= 11 is 0. The van der Waals surface area contributed by atoms with E-state index in [0.717, 1.165) is 16.8 Å². The van der Waals surface area contributed by atoms with E-state index in [0.29, 0.717) is 5.56 Å². The van der Waals surface area contributed by atoms with Crippen LogP contribution in [0.1, 0.15) is 21.7 Å². The Morgan fingerprint density at radius 3 is 2.38 bits per heavy atom. The smallest absolute Gasteiger partial charge is 0.287 e. The van der Waals surface area contributed by atoms with Crippen LogP contribution in [0.3, 0.4) is 0 Å². The van der Waals surface area contributed by atoms with Crippen LogP contribution < -0.4 is 0 Å². The first-order valence-corrected chi connectivity index (χ1v) is 6.11. The van der Waals surface area contributed by atoms with Crippen molar-refractivity contribution in [1.29, 1.82) is 0 Å². The Kier molecular flexibility index (Phi) is 3.01. The number of nitrogens with one attached hydrogen (secondary N) is 1. The number of fused-ring (bicyclic) bond motifs is 1. The molecule has 0 radical (unpaired) electrons. The molecule has 0 saturated heterocycles. The standard InChI is InChI=1S/C15H9F3N2O/c16-15(17,18)13-8-12(19-20-13)14(21)11-6-5-9-3-1-2-4-10(9)7-11/h1-8H,(H,19,20). The SMILES string of the molecule is O=C(c1ccc2ccccc2c1)c1cc(C(F)(F)F)[nH]n1. The molecule has 3 rings (SSSR count). The van der Waals surface area contributed by atoms with E-state index in [1.165, 1.54) is 0 Å². The van der Waals surface area contributed by atoms with Crippen LogP contribution in [-0.4, -0.2) is 16.0 Å². The van der Waals surface area contributed by atoms with Crippen molar-refractivity contribution in [3.63, 3.8) is 0 Å². The number of ketones is 1. The van der Waals surface area contributed by atoms with Crippen molar-refractivity contribution in [2.75, 3.05) is 0 Å². The molecule has 0 unspecified atom stereocenters. The number of aromatic nitrogens is 2. The van der Waals surface area contributed by atoms with Gasteiger partial charge < -0.3 is 0 Å². The summed E-state index contributed by atoms with van der Waals surface area (Å²) in [7, 11) is 0. The van der Waals surface area contributed by atoms with Crippen LogP contribution in [0.2, 0.25) is 0 Å². The van der Waals surface area contributed by atoms with E-state index in [1.54, 1.807) is 18.2 Å². The summed E-state index contributed by atoms with van der Waals surface area (Å²) in [6.45, 7) is 0. The minimum Gasteiger partial charge on any atom is -0.287 e. The number of hydrogen-bond donors (Lipinski definition) is 1. The number of nitrogens with zero attached hydrogens (tertiary/aromatic N) is 1. The summed E-state index contributed by atoms with van der Waals surface area (Å²) in [5, 5.41) is 7.08. The Morgan fingerprint density at radius 1 is 1.00 bits per heavy atom. The fraction of sp³-hybridized carbons (Fsp3) is 0.0667. The first-order chi connectivity index (χ1) is 9.95. The highest BCUT2D eigenvalue weighted by molar-refractivity contribution is 6.09. The molecule has 1 aromatic heterocycles. The Morgan fingerprint density at radius 2 is 1.71 bits per heavy atom. The summed E-state index contributed by atoms with van der Waals surface area (Å²) < 4.78 is 37.5. The van der Waals surface area contributed by atoms with E-state index in [-0.39, 0.29) is 5.69 Å². The predicted molar refractivity (Wildman–Crippen MR) is 71.0 cm³/mol. The van der Waals surface area contributed by atoms with Gasteiger partial charge in [-0.1, -0.05) is 36.4 Å². The lowest BCUT2D eigenvalue weighted by atomic mass is 10.0. The lowest BCUT2D eigenvalue weighted by molar-refractivity contribution is -0.141. The maximum absolute atomic E-state index is 12.5. The first kappa shape index (κ1) is 13.4. The van der Waals surface area contributed by atoms with Gasteiger partial charge in [-0.3, -0.25) is 9.89 Å². The van der Waals surface area contributed by atoms with Gasteiger partial charge in [-0.2, -0.15) is 18.3 Å². The van der Waals surface area contributed by atoms with E-state index in [1.807, 2.05) is 29.4 Å². The Labute approximate surface area is 117 Å². The third-order valence-corrected chi connectivity index (χ3v) is 3.13. The molecule has 0 aliphatic rings. The summed E-state index contributed by atoms with van der Waals surface area (Å²) in [5.74, 6) is -0.549. The van der Waals surface area contributed by atoms with Gasteiger partial charge in [-0.15, -0.1) is 0 Å². The number of H-pyrrole nitrogens is 1. The maximum Gasteiger partial charge on any atom is 0.432 e. The molecule has 6 heteroatoms. The lowest BCUT2D eigenvalue weighted by Gasteiger charge is -2.01. The number of carbonyl (C=O) groups is 1. The highest BCUT2D eigenvalue weighted by Crippen LogP contribution is 2.28. The van der Waals surface area contributed by atoms with E-state index < -0.39 is 17.7 Å². The van der Waals surface area contributed by atoms with Crippen molar-refractivity contribution in [3.8, 4) is 0 Å². The monoisotopic (exact) mass is 290 g/mol. The maximum atomic E-state index is 12.5. The van der Waals surface area contributed by atoms with E-state index >= 15 is 0 Å². The molecule has 0 fully saturated rings. The summed E-state index contributed by atoms with van der Waals surface area (Å²) in [4.78, 5) is 12.2. The largest absolute Gasteiger partial charge is 0.432 e. The van der Waals surface area contributed by atoms with Gasteiger partial charge in [0.1, 0.15) is 11.4 Å². The fourth-order valence-electron chi connectivity index (χ4n) is 2.06. The number of hydrogen-bond acceptors (Lipinski definition) is 2. The number of alkyl halides is 3. The Balaban J connectivity index is 1.98. The Bertz CT molecular complexity index is 821. The molecule has 0 aliphatic carbocycles. The van der Waals surface area contributed by atoms with Gasteiger partial charge >= 0.3 is 6.18 Å². The van der Waals surface area contributed by atoms with Crippen LogP contribution in [0.5, 0.6) is 0 Å². The van der Waals surface area contributed by atoms with Gasteiger partial charge in [0, 0.05) is 5.56 Å². The third kappa shape index (κ3) is 2.52. The van der Waals surface area contributed by atoms with E-state index in [4.69, 9.17) is 0 Å². The zero-order valence-electron chi connectivity index (χ0n) is 10.6. The quantitative estimate of drug-likeness (QED) is 0.729. The van der Waals surface area contributed by atoms with Gasteiger partial charge in [0.25, 0.3) is 0 Å². The molecular formula is C15H9F3N2O. The highest BCUT2D eigenvalue weighted by atomic mass is 19.4. The van der Waals surface area contributed by atoms with Crippen molar-refractivity contribution in [1.82, 2.24) is 10.2 Å². The van der Waals surface area contributed by atoms with Crippen LogP contribution in [0.15, 0.2) is 48.5 Å². The topological polar surface area (TPSA) is 45.8 Å². The number of rotatable bonds is 2. The molecule has 0 amide bonds. The fourth-order valence-corrected chi connectivity index (χ4v) is 2.06. The second-order valence-corrected chi connectivity index (χ2v) is 4.56. The van der Waals surface area contributed by atoms with Gasteiger partial charge in [0.2, 0.25) is 5.78 Å². The molecule has 3 aromatic rings. The normalized spacial score (nSPS) is 11.8. The zero-order valence-corrected chi connectivity index (χ0v) is 10.6. The molecule has 106 valence electrons. The van der Waals surface area contributed by atoms with E-state index in [9.17, 15) is 18.0 Å². The number of aromatic amines is 1. The molecular weight excluding hydrogens is 281 g/mol. The number of halogens is 3. The second kappa shape index (κ2) is 4.73. The van der Waals surface area contributed by atoms with Gasteiger partial charge in [-0.05, 0) is 22.9 Å². The van der Waals surface area contributed by atoms with Gasteiger partial charge in [-0.25, -0.2) is 0 Å². The summed E-state index contributed by atoms with van der Waals surface area (Å²) in [6, 6.07) is 13.1. The van der Waals surface area contributed by atoms with Gasteiger partial charge in [0.15, 0.2) is 0 Å². The average molecular weight is 290 g/mol. The minimum atomic E-state index is -4.55. The molecule has 3 nitrogen and oxygen atoms in total. The molecule has 0 aliphatic heterocycles. The lowest BCUT2D eigenvalue weighted by Crippen LogP contribution is -2.05. The van der Waals surface area contributed by atoms with Crippen molar-refractivity contribution in [3.05, 3.63) is 65.5 Å². The van der Waals surface area contributed by atoms with Crippen molar-refractivity contribution in [2.45, 2.75) is 6.18 Å². The average Bonchev–Trinajstić information content (AvgIpc) is 2.96. The first-order valence-electron chi connectivity index (χ1n) is 6.11. The minimum absolute atomic E-state index is 0.252. The van der Waals surface area contributed by atoms with Crippen LogP contribution in [0, 0.1) is 0 Å². The number of carbonyl (C=O) groups excluding carboxylic acids is 1. The van der Waals surface area contributed by atoms with Crippen LogP contribution in [-0.2, 0) is 6.18 Å². The molecule has 0 spiro atoms. The molecule has 1 heterocycles. The highest BCUT2D eigenvalue weighted by Gasteiger charge is 2.33. The molecule has 0 bridgehead atoms. The Hall–Kier alpha value is -2.63. The second-order valence-electron chi connectivity index (χ2n) is 4.56. The van der Waals surface area contributed by atoms with Crippen molar-refractivity contribution >= 4 is 16.6 Å². The molecule has 1 N–H and O–H groups in total. The van der Waals surface area contributed by atoms with E-state index in [2.05, 4.69) is 5.10 Å². The van der Waals surface area contributed by atoms with Crippen molar-refractivity contribution < 1.29 is 18.0 Å². The molecule has 2 aromatic carbocycles. The molecule has 0 saturated carbocycles. The van der Waals surface area contributed by atoms with Crippen LogP contribution in [0.25, 0.3) is 10.8 Å². The van der Waals surface area contributed by atoms with Crippen molar-refractivity contribution in [2.24, 2.45) is 0 Å². The predicted octanol–water partition coefficient (Wildman–Crippen LogP) is 3.81. The van der Waals surface area contributed by atoms with Crippen LogP contribution >= 0.6 is 0 Å². The summed E-state index contributed by atoms with van der Waals surface area (Å²) in [6.07, 6.45) is -4.55. The third-order valence-electron chi connectivity index (χ3n) is 3.13. The number of benzene rings is 2. The van der Waals surface area contributed by atoms with Gasteiger partial charge in [0.05, 0.1) is 0 Å². The zero-order chi connectivity index (χ0) is 15.0.